The molecule has 3 fully saturated rings. The smallest absolute Gasteiger partial charge is 0.319 e. The first kappa shape index (κ1) is 29.4. The van der Waals surface area contributed by atoms with Gasteiger partial charge in [0.05, 0.1) is 10.9 Å². The van der Waals surface area contributed by atoms with E-state index in [0.29, 0.717) is 43.7 Å². The van der Waals surface area contributed by atoms with Gasteiger partial charge in [-0.3, -0.25) is 14.7 Å². The number of hydrogen-bond donors (Lipinski definition) is 0. The van der Waals surface area contributed by atoms with Gasteiger partial charge < -0.3 is 14.5 Å². The van der Waals surface area contributed by atoms with E-state index in [0.717, 1.165) is 25.5 Å². The van der Waals surface area contributed by atoms with E-state index in [2.05, 4.69) is 26.4 Å². The highest BCUT2D eigenvalue weighted by molar-refractivity contribution is 5.99. The zero-order chi connectivity index (χ0) is 31.5. The zero-order valence-electron chi connectivity index (χ0n) is 24.8. The molecule has 8 nitrogen and oxygen atoms in total. The summed E-state index contributed by atoms with van der Waals surface area (Å²) in [5.41, 5.74) is -0.702. The quantitative estimate of drug-likeness (QED) is 0.201. The van der Waals surface area contributed by atoms with E-state index in [4.69, 9.17) is 4.74 Å². The van der Waals surface area contributed by atoms with Gasteiger partial charge in [-0.2, -0.15) is 9.97 Å². The number of hydrogen-bond acceptors (Lipinski definition) is 7. The van der Waals surface area contributed by atoms with Gasteiger partial charge in [-0.25, -0.2) is 17.6 Å². The van der Waals surface area contributed by atoms with Gasteiger partial charge in [0.25, 0.3) is 0 Å². The van der Waals surface area contributed by atoms with Crippen molar-refractivity contribution in [2.75, 3.05) is 44.7 Å². The first-order chi connectivity index (χ1) is 21.7. The molecule has 0 unspecified atom stereocenters. The van der Waals surface area contributed by atoms with Gasteiger partial charge in [-0.05, 0) is 43.3 Å². The van der Waals surface area contributed by atoms with Crippen molar-refractivity contribution >= 4 is 33.4 Å². The first-order valence-electron chi connectivity index (χ1n) is 15.1. The SMILES string of the molecule is C=CC(=O)N1CC[C@@H](N(C)c2nc(OC[C@@]34CCCN3C[C@H](F)C4)nc3c(F)c(-c4cccc5ccc(F)c(F)c45)ncc23)C1. The van der Waals surface area contributed by atoms with E-state index < -0.39 is 29.2 Å². The summed E-state index contributed by atoms with van der Waals surface area (Å²) in [6.45, 7) is 5.78. The highest BCUT2D eigenvalue weighted by Gasteiger charge is 2.49. The molecule has 3 saturated heterocycles. The molecule has 0 aliphatic carbocycles. The Hall–Kier alpha value is -4.32. The number of rotatable bonds is 7. The number of ether oxygens (including phenoxy) is 1. The van der Waals surface area contributed by atoms with Crippen molar-refractivity contribution in [3.05, 3.63) is 66.6 Å². The van der Waals surface area contributed by atoms with E-state index in [-0.39, 0.29) is 52.1 Å². The molecule has 5 heterocycles. The Kier molecular flexibility index (Phi) is 7.34. The molecule has 234 valence electrons. The van der Waals surface area contributed by atoms with Crippen LogP contribution in [0.4, 0.5) is 23.4 Å². The number of halogens is 4. The van der Waals surface area contributed by atoms with Crippen LogP contribution in [-0.4, -0.2) is 88.2 Å². The van der Waals surface area contributed by atoms with Gasteiger partial charge in [0.1, 0.15) is 29.8 Å². The van der Waals surface area contributed by atoms with Gasteiger partial charge in [0, 0.05) is 56.3 Å². The molecule has 2 aromatic heterocycles. The van der Waals surface area contributed by atoms with Crippen LogP contribution < -0.4 is 9.64 Å². The fourth-order valence-electron chi connectivity index (χ4n) is 7.26. The number of aromatic nitrogens is 3. The molecular weight excluding hydrogens is 588 g/mol. The minimum absolute atomic E-state index is 0.0784. The fraction of sp³-hybridized carbons (Fsp3) is 0.394. The van der Waals surface area contributed by atoms with Crippen molar-refractivity contribution in [1.82, 2.24) is 24.8 Å². The first-order valence-corrected chi connectivity index (χ1v) is 15.1. The average molecular weight is 621 g/mol. The molecule has 3 aliphatic rings. The lowest BCUT2D eigenvalue weighted by molar-refractivity contribution is -0.125. The van der Waals surface area contributed by atoms with Crippen molar-refractivity contribution in [1.29, 1.82) is 0 Å². The van der Waals surface area contributed by atoms with Gasteiger partial charge in [0.15, 0.2) is 17.5 Å². The number of alkyl halides is 1. The van der Waals surface area contributed by atoms with Crippen LogP contribution in [0.3, 0.4) is 0 Å². The zero-order valence-corrected chi connectivity index (χ0v) is 24.8. The lowest BCUT2D eigenvalue weighted by Gasteiger charge is -2.31. The molecule has 0 N–H and O–H groups in total. The lowest BCUT2D eigenvalue weighted by Crippen LogP contribution is -2.43. The van der Waals surface area contributed by atoms with Crippen molar-refractivity contribution in [3.63, 3.8) is 0 Å². The molecule has 7 rings (SSSR count). The lowest BCUT2D eigenvalue weighted by atomic mass is 9.95. The number of fused-ring (bicyclic) bond motifs is 3. The molecule has 0 spiro atoms. The summed E-state index contributed by atoms with van der Waals surface area (Å²) in [5.74, 6) is -2.83. The number of likely N-dealkylation sites (tertiary alicyclic amines) is 1. The largest absolute Gasteiger partial charge is 0.461 e. The van der Waals surface area contributed by atoms with E-state index in [1.165, 1.54) is 24.4 Å². The number of likely N-dealkylation sites (N-methyl/N-ethyl adjacent to an activating group) is 1. The highest BCUT2D eigenvalue weighted by Crippen LogP contribution is 2.41. The van der Waals surface area contributed by atoms with E-state index in [9.17, 15) is 13.6 Å². The summed E-state index contributed by atoms with van der Waals surface area (Å²) in [6.07, 6.45) is 4.42. The van der Waals surface area contributed by atoms with Crippen LogP contribution in [0.5, 0.6) is 6.01 Å². The normalized spacial score (nSPS) is 23.2. The Bertz CT molecular complexity index is 1840. The Morgan fingerprint density at radius 1 is 1.16 bits per heavy atom. The molecule has 2 aromatic carbocycles. The number of benzene rings is 2. The number of pyridine rings is 1. The second-order valence-electron chi connectivity index (χ2n) is 12.2. The maximum atomic E-state index is 16.6. The van der Waals surface area contributed by atoms with Gasteiger partial charge in [-0.1, -0.05) is 30.8 Å². The molecule has 0 radical (unpaired) electrons. The summed E-state index contributed by atoms with van der Waals surface area (Å²) in [4.78, 5) is 31.4. The van der Waals surface area contributed by atoms with E-state index >= 15 is 8.78 Å². The topological polar surface area (TPSA) is 74.7 Å². The molecule has 0 saturated carbocycles. The molecule has 12 heteroatoms. The predicted octanol–water partition coefficient (Wildman–Crippen LogP) is 5.44. The summed E-state index contributed by atoms with van der Waals surface area (Å²) in [5, 5.41) is 0.589. The Labute approximate surface area is 257 Å². The van der Waals surface area contributed by atoms with Crippen molar-refractivity contribution in [3.8, 4) is 17.3 Å². The summed E-state index contributed by atoms with van der Waals surface area (Å²) >= 11 is 0. The van der Waals surface area contributed by atoms with Gasteiger partial charge in [0.2, 0.25) is 5.91 Å². The van der Waals surface area contributed by atoms with Crippen molar-refractivity contribution in [2.45, 2.75) is 43.4 Å². The highest BCUT2D eigenvalue weighted by atomic mass is 19.2. The second-order valence-corrected chi connectivity index (χ2v) is 12.2. The molecule has 4 aromatic rings. The van der Waals surface area contributed by atoms with Gasteiger partial charge >= 0.3 is 6.01 Å². The van der Waals surface area contributed by atoms with Crippen LogP contribution in [0.25, 0.3) is 32.9 Å². The fourth-order valence-corrected chi connectivity index (χ4v) is 7.26. The number of amides is 1. The maximum Gasteiger partial charge on any atom is 0.319 e. The number of carbonyl (C=O) groups excluding carboxylic acids is 1. The molecule has 3 atom stereocenters. The Morgan fingerprint density at radius 2 is 2.00 bits per heavy atom. The number of carbonyl (C=O) groups is 1. The second kappa shape index (κ2) is 11.2. The van der Waals surface area contributed by atoms with Crippen LogP contribution in [0.1, 0.15) is 25.7 Å². The molecule has 3 aliphatic heterocycles. The maximum absolute atomic E-state index is 16.6. The third-order valence-corrected chi connectivity index (χ3v) is 9.60. The van der Waals surface area contributed by atoms with Crippen LogP contribution in [0, 0.1) is 17.5 Å². The van der Waals surface area contributed by atoms with Crippen LogP contribution >= 0.6 is 0 Å². The third kappa shape index (κ3) is 4.95. The summed E-state index contributed by atoms with van der Waals surface area (Å²) in [6, 6.07) is 6.93. The predicted molar refractivity (Wildman–Crippen MR) is 162 cm³/mol. The molecule has 1 amide bonds. The van der Waals surface area contributed by atoms with Crippen LogP contribution in [0.2, 0.25) is 0 Å². The van der Waals surface area contributed by atoms with Gasteiger partial charge in [-0.15, -0.1) is 0 Å². The minimum Gasteiger partial charge on any atom is -0.461 e. The number of anilines is 1. The summed E-state index contributed by atoms with van der Waals surface area (Å²) in [7, 11) is 1.80. The molecular formula is C33H32F4N6O2. The van der Waals surface area contributed by atoms with Crippen molar-refractivity contribution < 1.29 is 27.1 Å². The molecule has 45 heavy (non-hydrogen) atoms. The standard InChI is InChI=1S/C33H32F4N6O2/c1-3-25(44)42-13-10-21(17-42)41(2)31-23-15-38-29(22-7-4-6-19-8-9-24(35)27(36)26(19)22)28(37)30(23)39-32(40-31)45-18-33-11-5-12-43(33)16-20(34)14-33/h3-4,6-9,15,20-21H,1,5,10-14,16-18H2,2H3/t20-,21-,33+/m1/s1. The molecule has 0 bridgehead atoms. The summed E-state index contributed by atoms with van der Waals surface area (Å²) < 4.78 is 66.5. The van der Waals surface area contributed by atoms with E-state index in [1.807, 2.05) is 4.90 Å². The van der Waals surface area contributed by atoms with Crippen LogP contribution in [0.15, 0.2) is 49.2 Å². The van der Waals surface area contributed by atoms with Crippen LogP contribution in [-0.2, 0) is 4.79 Å². The third-order valence-electron chi connectivity index (χ3n) is 9.60. The Balaban J connectivity index is 1.33. The number of nitrogens with zero attached hydrogens (tertiary/aromatic N) is 6. The average Bonchev–Trinajstić information content (AvgIpc) is 3.76. The Morgan fingerprint density at radius 3 is 2.82 bits per heavy atom. The monoisotopic (exact) mass is 620 g/mol. The van der Waals surface area contributed by atoms with E-state index in [1.54, 1.807) is 24.1 Å². The minimum atomic E-state index is -1.10. The van der Waals surface area contributed by atoms with Crippen molar-refractivity contribution in [2.24, 2.45) is 0 Å².